The van der Waals surface area contributed by atoms with Crippen molar-refractivity contribution in [3.63, 3.8) is 0 Å². The number of rotatable bonds is 6. The fourth-order valence-electron chi connectivity index (χ4n) is 3.60. The van der Waals surface area contributed by atoms with Crippen molar-refractivity contribution in [3.05, 3.63) is 17.5 Å². The van der Waals surface area contributed by atoms with Crippen LogP contribution in [0.1, 0.15) is 50.5 Å². The molecule has 0 radical (unpaired) electrons. The third-order valence-corrected chi connectivity index (χ3v) is 5.29. The maximum Gasteiger partial charge on any atom is 0.191 e. The van der Waals surface area contributed by atoms with E-state index in [1.165, 1.54) is 13.0 Å². The van der Waals surface area contributed by atoms with E-state index in [9.17, 15) is 0 Å². The summed E-state index contributed by atoms with van der Waals surface area (Å²) >= 11 is 0. The highest BCUT2D eigenvalue weighted by Gasteiger charge is 2.24. The van der Waals surface area contributed by atoms with Crippen LogP contribution in [0, 0.1) is 5.92 Å². The zero-order valence-corrected chi connectivity index (χ0v) is 16.3. The number of hydrogen-bond acceptors (Lipinski definition) is 5. The highest BCUT2D eigenvalue weighted by molar-refractivity contribution is 5.79. The summed E-state index contributed by atoms with van der Waals surface area (Å²) in [5.74, 6) is 2.78. The number of guanidine groups is 1. The van der Waals surface area contributed by atoms with E-state index in [1.54, 1.807) is 0 Å². The average Bonchev–Trinajstić information content (AvgIpc) is 3.32. The van der Waals surface area contributed by atoms with Crippen LogP contribution in [-0.2, 0) is 11.3 Å². The van der Waals surface area contributed by atoms with Crippen molar-refractivity contribution in [1.82, 2.24) is 20.7 Å². The molecule has 0 aliphatic carbocycles. The molecule has 0 aromatic carbocycles. The van der Waals surface area contributed by atoms with Crippen molar-refractivity contribution in [2.24, 2.45) is 10.9 Å². The highest BCUT2D eigenvalue weighted by atomic mass is 16.5. The number of aromatic nitrogens is 1. The molecule has 2 aliphatic heterocycles. The summed E-state index contributed by atoms with van der Waals surface area (Å²) in [5, 5.41) is 11.0. The van der Waals surface area contributed by atoms with E-state index in [0.29, 0.717) is 18.5 Å². The summed E-state index contributed by atoms with van der Waals surface area (Å²) in [6, 6.07) is 2.48. The Hall–Kier alpha value is -1.60. The number of nitrogens with one attached hydrogen (secondary N) is 2. The fourth-order valence-corrected chi connectivity index (χ4v) is 3.60. The largest absolute Gasteiger partial charge is 0.381 e. The monoisotopic (exact) mass is 363 g/mol. The van der Waals surface area contributed by atoms with Crippen molar-refractivity contribution in [2.45, 2.75) is 51.6 Å². The molecule has 0 saturated carbocycles. The van der Waals surface area contributed by atoms with Gasteiger partial charge >= 0.3 is 0 Å². The third kappa shape index (κ3) is 5.45. The van der Waals surface area contributed by atoms with Crippen molar-refractivity contribution in [3.8, 4) is 0 Å². The molecule has 146 valence electrons. The Kier molecular flexibility index (Phi) is 6.91. The zero-order chi connectivity index (χ0) is 18.4. The lowest BCUT2D eigenvalue weighted by Crippen LogP contribution is -2.49. The first kappa shape index (κ1) is 19.2. The van der Waals surface area contributed by atoms with Crippen molar-refractivity contribution < 1.29 is 9.26 Å². The number of aliphatic imine (C=N–C) groups is 1. The van der Waals surface area contributed by atoms with Gasteiger partial charge in [0.05, 0.1) is 18.8 Å². The molecule has 2 fully saturated rings. The zero-order valence-electron chi connectivity index (χ0n) is 16.3. The number of nitrogens with zero attached hydrogens (tertiary/aromatic N) is 3. The molecular weight excluding hydrogens is 330 g/mol. The molecule has 1 aromatic rings. The number of piperidine rings is 1. The van der Waals surface area contributed by atoms with Crippen molar-refractivity contribution >= 4 is 5.96 Å². The normalized spacial score (nSPS) is 22.9. The lowest BCUT2D eigenvalue weighted by molar-refractivity contribution is 0.150. The SMILES string of the molecule is CN=C(NCc1cc(C(C)C)no1)NC1CCN(CC2CCOC2)CC1. The molecule has 7 heteroatoms. The molecule has 2 N–H and O–H groups in total. The van der Waals surface area contributed by atoms with Crippen molar-refractivity contribution in [2.75, 3.05) is 39.9 Å². The van der Waals surface area contributed by atoms with Gasteiger partial charge in [0.25, 0.3) is 0 Å². The minimum Gasteiger partial charge on any atom is -0.381 e. The second-order valence-electron chi connectivity index (χ2n) is 7.75. The summed E-state index contributed by atoms with van der Waals surface area (Å²) in [7, 11) is 1.81. The molecular formula is C19H33N5O2. The predicted molar refractivity (Wildman–Crippen MR) is 102 cm³/mol. The molecule has 2 saturated heterocycles. The van der Waals surface area contributed by atoms with Gasteiger partial charge in [0, 0.05) is 45.4 Å². The summed E-state index contributed by atoms with van der Waals surface area (Å²) in [5.41, 5.74) is 0.991. The lowest BCUT2D eigenvalue weighted by Gasteiger charge is -2.34. The van der Waals surface area contributed by atoms with Crippen LogP contribution >= 0.6 is 0 Å². The maximum atomic E-state index is 5.49. The van der Waals surface area contributed by atoms with Gasteiger partial charge < -0.3 is 24.8 Å². The van der Waals surface area contributed by atoms with Crippen LogP contribution in [-0.4, -0.2) is 62.0 Å². The topological polar surface area (TPSA) is 74.9 Å². The van der Waals surface area contributed by atoms with Gasteiger partial charge in [-0.05, 0) is 31.1 Å². The summed E-state index contributed by atoms with van der Waals surface area (Å²) in [6.07, 6.45) is 3.51. The van der Waals surface area contributed by atoms with Crippen LogP contribution in [0.3, 0.4) is 0 Å². The molecule has 1 atom stereocenters. The van der Waals surface area contributed by atoms with E-state index < -0.39 is 0 Å². The summed E-state index contributed by atoms with van der Waals surface area (Å²) in [4.78, 5) is 6.92. The minimum absolute atomic E-state index is 0.380. The first-order valence-corrected chi connectivity index (χ1v) is 9.86. The Morgan fingerprint density at radius 2 is 2.15 bits per heavy atom. The van der Waals surface area contributed by atoms with Crippen LogP contribution in [0.4, 0.5) is 0 Å². The van der Waals surface area contributed by atoms with Crippen molar-refractivity contribution in [1.29, 1.82) is 0 Å². The Bertz CT molecular complexity index is 572. The number of hydrogen-bond donors (Lipinski definition) is 2. The maximum absolute atomic E-state index is 5.49. The van der Waals surface area contributed by atoms with Gasteiger partial charge in [-0.25, -0.2) is 0 Å². The van der Waals surface area contributed by atoms with Gasteiger partial charge in [-0.2, -0.15) is 0 Å². The van der Waals surface area contributed by atoms with E-state index in [0.717, 1.165) is 62.5 Å². The van der Waals surface area contributed by atoms with Gasteiger partial charge in [0.1, 0.15) is 0 Å². The summed E-state index contributed by atoms with van der Waals surface area (Å²) < 4.78 is 10.9. The Balaban J connectivity index is 1.38. The molecule has 3 rings (SSSR count). The first-order valence-electron chi connectivity index (χ1n) is 9.86. The highest BCUT2D eigenvalue weighted by Crippen LogP contribution is 2.18. The van der Waals surface area contributed by atoms with E-state index in [2.05, 4.69) is 39.5 Å². The first-order chi connectivity index (χ1) is 12.6. The van der Waals surface area contributed by atoms with Crippen LogP contribution in [0.2, 0.25) is 0 Å². The molecule has 0 spiro atoms. The van der Waals surface area contributed by atoms with Crippen LogP contribution < -0.4 is 10.6 Å². The smallest absolute Gasteiger partial charge is 0.191 e. The molecule has 3 heterocycles. The van der Waals surface area contributed by atoms with E-state index in [4.69, 9.17) is 9.26 Å². The second-order valence-corrected chi connectivity index (χ2v) is 7.75. The molecule has 7 nitrogen and oxygen atoms in total. The molecule has 1 unspecified atom stereocenters. The average molecular weight is 364 g/mol. The molecule has 2 aliphatic rings. The van der Waals surface area contributed by atoms with Gasteiger partial charge in [-0.1, -0.05) is 19.0 Å². The molecule has 0 amide bonds. The van der Waals surface area contributed by atoms with E-state index in [-0.39, 0.29) is 0 Å². The quantitative estimate of drug-likeness (QED) is 0.594. The Labute approximate surface area is 156 Å². The van der Waals surface area contributed by atoms with Gasteiger partial charge in [0.15, 0.2) is 11.7 Å². The lowest BCUT2D eigenvalue weighted by atomic mass is 10.0. The second kappa shape index (κ2) is 9.37. The van der Waals surface area contributed by atoms with E-state index in [1.807, 2.05) is 13.1 Å². The van der Waals surface area contributed by atoms with E-state index >= 15 is 0 Å². The van der Waals surface area contributed by atoms with Gasteiger partial charge in [-0.15, -0.1) is 0 Å². The molecule has 1 aromatic heterocycles. The third-order valence-electron chi connectivity index (χ3n) is 5.29. The number of ether oxygens (including phenoxy) is 1. The van der Waals surface area contributed by atoms with Gasteiger partial charge in [0.2, 0.25) is 0 Å². The summed E-state index contributed by atoms with van der Waals surface area (Å²) in [6.45, 7) is 10.2. The Morgan fingerprint density at radius 1 is 1.35 bits per heavy atom. The van der Waals surface area contributed by atoms with Crippen LogP contribution in [0.15, 0.2) is 15.6 Å². The Morgan fingerprint density at radius 3 is 2.77 bits per heavy atom. The fraction of sp³-hybridized carbons (Fsp3) is 0.789. The predicted octanol–water partition coefficient (Wildman–Crippen LogP) is 1.96. The molecule has 26 heavy (non-hydrogen) atoms. The standard InChI is InChI=1S/C19H33N5O2/c1-14(2)18-10-17(26-23-18)11-21-19(20-3)22-16-4-7-24(8-5-16)12-15-6-9-25-13-15/h10,14-16H,4-9,11-13H2,1-3H3,(H2,20,21,22). The minimum atomic E-state index is 0.380. The number of likely N-dealkylation sites (tertiary alicyclic amines) is 1. The van der Waals surface area contributed by atoms with Crippen LogP contribution in [0.25, 0.3) is 0 Å². The molecule has 0 bridgehead atoms. The van der Waals surface area contributed by atoms with Gasteiger partial charge in [-0.3, -0.25) is 4.99 Å². The van der Waals surface area contributed by atoms with Crippen LogP contribution in [0.5, 0.6) is 0 Å².